The molecule has 1 heterocycles. The van der Waals surface area contributed by atoms with Crippen molar-refractivity contribution in [1.29, 1.82) is 0 Å². The van der Waals surface area contributed by atoms with E-state index in [1.807, 2.05) is 24.3 Å². The lowest BCUT2D eigenvalue weighted by atomic mass is 9.83. The van der Waals surface area contributed by atoms with Gasteiger partial charge in [-0.1, -0.05) is 38.1 Å². The molecular weight excluding hydrogens is 240 g/mol. The largest absolute Gasteiger partial charge is 0.497 e. The summed E-state index contributed by atoms with van der Waals surface area (Å²) in [7, 11) is 1.65. The van der Waals surface area contributed by atoms with Crippen molar-refractivity contribution >= 4 is 5.88 Å². The van der Waals surface area contributed by atoms with Crippen LogP contribution < -0.4 is 10.5 Å². The van der Waals surface area contributed by atoms with Gasteiger partial charge in [0.1, 0.15) is 5.75 Å². The molecule has 0 bridgehead atoms. The van der Waals surface area contributed by atoms with Gasteiger partial charge in [-0.2, -0.15) is 0 Å². The standard InChI is InChI=1S/C15H20N2O2/c1-5-15(2,3)13-12(14(16)19-17-13)10-7-6-8-11(9-10)18-4/h6-9H,5,16H2,1-4H3. The number of aromatic nitrogens is 1. The number of rotatable bonds is 4. The highest BCUT2D eigenvalue weighted by Gasteiger charge is 2.28. The summed E-state index contributed by atoms with van der Waals surface area (Å²) in [6.45, 7) is 6.39. The number of nitrogens with zero attached hydrogens (tertiary/aromatic N) is 1. The van der Waals surface area contributed by atoms with Gasteiger partial charge in [0.2, 0.25) is 5.88 Å². The lowest BCUT2D eigenvalue weighted by Gasteiger charge is -2.21. The highest BCUT2D eigenvalue weighted by Crippen LogP contribution is 2.39. The fourth-order valence-corrected chi connectivity index (χ4v) is 1.99. The second-order valence-corrected chi connectivity index (χ2v) is 5.24. The summed E-state index contributed by atoms with van der Waals surface area (Å²) in [5.74, 6) is 1.14. The number of nitrogen functional groups attached to an aromatic ring is 1. The zero-order valence-electron chi connectivity index (χ0n) is 11.9. The van der Waals surface area contributed by atoms with Crippen LogP contribution in [0.25, 0.3) is 11.1 Å². The molecule has 2 aromatic rings. The smallest absolute Gasteiger partial charge is 0.230 e. The van der Waals surface area contributed by atoms with E-state index in [9.17, 15) is 0 Å². The van der Waals surface area contributed by atoms with Crippen molar-refractivity contribution < 1.29 is 9.26 Å². The Hall–Kier alpha value is -1.97. The lowest BCUT2D eigenvalue weighted by molar-refractivity contribution is 0.391. The summed E-state index contributed by atoms with van der Waals surface area (Å²) in [5, 5.41) is 4.15. The van der Waals surface area contributed by atoms with Crippen LogP contribution in [-0.4, -0.2) is 12.3 Å². The maximum Gasteiger partial charge on any atom is 0.230 e. The molecule has 1 aromatic carbocycles. The van der Waals surface area contributed by atoms with Crippen LogP contribution in [0, 0.1) is 0 Å². The molecule has 4 nitrogen and oxygen atoms in total. The third-order valence-corrected chi connectivity index (χ3v) is 3.60. The molecule has 0 amide bonds. The van der Waals surface area contributed by atoms with Crippen LogP contribution in [-0.2, 0) is 5.41 Å². The minimum absolute atomic E-state index is 0.0838. The average Bonchev–Trinajstić information content (AvgIpc) is 2.81. The van der Waals surface area contributed by atoms with Crippen molar-refractivity contribution in [2.45, 2.75) is 32.6 Å². The van der Waals surface area contributed by atoms with Crippen molar-refractivity contribution in [3.05, 3.63) is 30.0 Å². The first-order valence-electron chi connectivity index (χ1n) is 6.39. The molecule has 4 heteroatoms. The van der Waals surface area contributed by atoms with Crippen LogP contribution in [0.3, 0.4) is 0 Å². The Balaban J connectivity index is 2.58. The highest BCUT2D eigenvalue weighted by atomic mass is 16.5. The van der Waals surface area contributed by atoms with Crippen molar-refractivity contribution in [3.8, 4) is 16.9 Å². The molecule has 0 saturated heterocycles. The molecule has 0 aliphatic heterocycles. The van der Waals surface area contributed by atoms with Crippen molar-refractivity contribution in [2.24, 2.45) is 0 Å². The number of ether oxygens (including phenoxy) is 1. The summed E-state index contributed by atoms with van der Waals surface area (Å²) < 4.78 is 10.5. The van der Waals surface area contributed by atoms with Gasteiger partial charge in [-0.25, -0.2) is 0 Å². The zero-order valence-corrected chi connectivity index (χ0v) is 11.9. The third-order valence-electron chi connectivity index (χ3n) is 3.60. The number of anilines is 1. The Morgan fingerprint density at radius 3 is 2.74 bits per heavy atom. The second kappa shape index (κ2) is 4.96. The van der Waals surface area contributed by atoms with E-state index in [-0.39, 0.29) is 5.41 Å². The molecule has 0 unspecified atom stereocenters. The molecule has 0 atom stereocenters. The van der Waals surface area contributed by atoms with Gasteiger partial charge >= 0.3 is 0 Å². The highest BCUT2D eigenvalue weighted by molar-refractivity contribution is 5.76. The average molecular weight is 260 g/mol. The minimum Gasteiger partial charge on any atom is -0.497 e. The summed E-state index contributed by atoms with van der Waals surface area (Å²) in [5.41, 5.74) is 8.59. The monoisotopic (exact) mass is 260 g/mol. The van der Waals surface area contributed by atoms with Crippen LogP contribution in [0.4, 0.5) is 5.88 Å². The molecule has 0 fully saturated rings. The third kappa shape index (κ3) is 2.43. The van der Waals surface area contributed by atoms with Crippen LogP contribution >= 0.6 is 0 Å². The predicted molar refractivity (Wildman–Crippen MR) is 76.2 cm³/mol. The first-order chi connectivity index (χ1) is 8.99. The second-order valence-electron chi connectivity index (χ2n) is 5.24. The van der Waals surface area contributed by atoms with Gasteiger partial charge in [-0.15, -0.1) is 0 Å². The Bertz CT molecular complexity index is 573. The minimum atomic E-state index is -0.0838. The van der Waals surface area contributed by atoms with Crippen LogP contribution in [0.5, 0.6) is 5.75 Å². The quantitative estimate of drug-likeness (QED) is 0.912. The number of methoxy groups -OCH3 is 1. The van der Waals surface area contributed by atoms with E-state index in [0.717, 1.165) is 29.0 Å². The van der Waals surface area contributed by atoms with Crippen molar-refractivity contribution in [3.63, 3.8) is 0 Å². The van der Waals surface area contributed by atoms with Gasteiger partial charge in [0, 0.05) is 5.41 Å². The Morgan fingerprint density at radius 1 is 1.37 bits per heavy atom. The summed E-state index contributed by atoms with van der Waals surface area (Å²) >= 11 is 0. The van der Waals surface area contributed by atoms with Gasteiger partial charge in [0.05, 0.1) is 18.4 Å². The topological polar surface area (TPSA) is 61.3 Å². The fourth-order valence-electron chi connectivity index (χ4n) is 1.99. The SMILES string of the molecule is CCC(C)(C)c1noc(N)c1-c1cccc(OC)c1. The van der Waals surface area contributed by atoms with E-state index in [0.29, 0.717) is 5.88 Å². The van der Waals surface area contributed by atoms with Crippen LogP contribution in [0.15, 0.2) is 28.8 Å². The van der Waals surface area contributed by atoms with E-state index in [4.69, 9.17) is 15.0 Å². The summed E-state index contributed by atoms with van der Waals surface area (Å²) in [6, 6.07) is 7.76. The number of hydrogen-bond acceptors (Lipinski definition) is 4. The van der Waals surface area contributed by atoms with E-state index >= 15 is 0 Å². The first-order valence-corrected chi connectivity index (χ1v) is 6.39. The molecule has 19 heavy (non-hydrogen) atoms. The Morgan fingerprint density at radius 2 is 2.11 bits per heavy atom. The zero-order chi connectivity index (χ0) is 14.0. The number of benzene rings is 1. The number of nitrogens with two attached hydrogens (primary N) is 1. The van der Waals surface area contributed by atoms with Crippen molar-refractivity contribution in [2.75, 3.05) is 12.8 Å². The van der Waals surface area contributed by atoms with Gasteiger partial charge in [-0.3, -0.25) is 0 Å². The summed E-state index contributed by atoms with van der Waals surface area (Å²) in [6.07, 6.45) is 0.954. The first kappa shape index (κ1) is 13.5. The lowest BCUT2D eigenvalue weighted by Crippen LogP contribution is -2.17. The van der Waals surface area contributed by atoms with Gasteiger partial charge in [0.25, 0.3) is 0 Å². The molecule has 0 aliphatic rings. The molecule has 0 aliphatic carbocycles. The van der Waals surface area contributed by atoms with E-state index in [2.05, 4.69) is 25.9 Å². The molecule has 0 spiro atoms. The molecule has 0 saturated carbocycles. The van der Waals surface area contributed by atoms with E-state index < -0.39 is 0 Å². The molecule has 1 aromatic heterocycles. The molecular formula is C15H20N2O2. The van der Waals surface area contributed by atoms with Crippen LogP contribution in [0.1, 0.15) is 32.9 Å². The number of hydrogen-bond donors (Lipinski definition) is 1. The Kier molecular flexibility index (Phi) is 3.51. The maximum absolute atomic E-state index is 5.95. The van der Waals surface area contributed by atoms with E-state index in [1.165, 1.54) is 0 Å². The molecule has 2 rings (SSSR count). The predicted octanol–water partition coefficient (Wildman–Crippen LogP) is 3.62. The van der Waals surface area contributed by atoms with Gasteiger partial charge < -0.3 is 15.0 Å². The fraction of sp³-hybridized carbons (Fsp3) is 0.400. The van der Waals surface area contributed by atoms with Crippen molar-refractivity contribution in [1.82, 2.24) is 5.16 Å². The summed E-state index contributed by atoms with van der Waals surface area (Å²) in [4.78, 5) is 0. The van der Waals surface area contributed by atoms with Gasteiger partial charge in [0.15, 0.2) is 0 Å². The molecule has 2 N–H and O–H groups in total. The maximum atomic E-state index is 5.95. The van der Waals surface area contributed by atoms with Crippen LogP contribution in [0.2, 0.25) is 0 Å². The Labute approximate surface area is 113 Å². The normalized spacial score (nSPS) is 11.6. The molecule has 0 radical (unpaired) electrons. The molecule has 102 valence electrons. The van der Waals surface area contributed by atoms with E-state index in [1.54, 1.807) is 7.11 Å². The van der Waals surface area contributed by atoms with Gasteiger partial charge in [-0.05, 0) is 24.1 Å².